The van der Waals surface area contributed by atoms with Gasteiger partial charge in [0.25, 0.3) is 10.1 Å². The summed E-state index contributed by atoms with van der Waals surface area (Å²) in [6.45, 7) is 4.99. The van der Waals surface area contributed by atoms with E-state index in [1.54, 1.807) is 13.2 Å². The van der Waals surface area contributed by atoms with E-state index >= 15 is 0 Å². The Balaban J connectivity index is 1.94. The Labute approximate surface area is 163 Å². The molecule has 1 aliphatic rings. The highest BCUT2D eigenvalue weighted by Crippen LogP contribution is 2.39. The molecule has 0 saturated carbocycles. The van der Waals surface area contributed by atoms with Crippen molar-refractivity contribution >= 4 is 26.8 Å². The number of ether oxygens (including phenoxy) is 1. The average Bonchev–Trinajstić information content (AvgIpc) is 3.11. The second-order valence-electron chi connectivity index (χ2n) is 6.89. The van der Waals surface area contributed by atoms with Crippen LogP contribution in [0.1, 0.15) is 5.56 Å². The number of rotatable bonds is 4. The quantitative estimate of drug-likeness (QED) is 0.648. The predicted molar refractivity (Wildman–Crippen MR) is 108 cm³/mol. The lowest BCUT2D eigenvalue weighted by Gasteiger charge is -2.29. The molecule has 2 aromatic carbocycles. The van der Waals surface area contributed by atoms with Gasteiger partial charge in [-0.2, -0.15) is 8.42 Å². The van der Waals surface area contributed by atoms with Crippen molar-refractivity contribution in [3.8, 4) is 17.1 Å². The molecule has 0 radical (unpaired) electrons. The molecule has 3 aromatic rings. The van der Waals surface area contributed by atoms with Gasteiger partial charge in [0.05, 0.1) is 23.3 Å². The molecule has 0 bridgehead atoms. The molecule has 0 amide bonds. The molecule has 1 aliphatic heterocycles. The van der Waals surface area contributed by atoms with Crippen LogP contribution in [0, 0.1) is 6.92 Å². The first-order chi connectivity index (χ1) is 13.4. The Bertz CT molecular complexity index is 1130. The van der Waals surface area contributed by atoms with Crippen molar-refractivity contribution in [3.63, 3.8) is 0 Å². The van der Waals surface area contributed by atoms with Gasteiger partial charge in [0.2, 0.25) is 0 Å². The van der Waals surface area contributed by atoms with Crippen LogP contribution in [0.25, 0.3) is 22.3 Å². The first-order valence-electron chi connectivity index (χ1n) is 9.02. The van der Waals surface area contributed by atoms with Gasteiger partial charge in [0.15, 0.2) is 5.58 Å². The van der Waals surface area contributed by atoms with Gasteiger partial charge in [-0.3, -0.25) is 4.55 Å². The summed E-state index contributed by atoms with van der Waals surface area (Å²) in [4.78, 5) is 1.92. The summed E-state index contributed by atoms with van der Waals surface area (Å²) in [5, 5.41) is 3.89. The Hall–Kier alpha value is -2.55. The number of methoxy groups -OCH3 is 1. The van der Waals surface area contributed by atoms with Crippen LogP contribution in [-0.4, -0.2) is 46.3 Å². The minimum absolute atomic E-state index is 0.142. The van der Waals surface area contributed by atoms with Gasteiger partial charge in [-0.15, -0.1) is 0 Å². The van der Waals surface area contributed by atoms with E-state index in [0.29, 0.717) is 41.3 Å². The molecule has 1 fully saturated rings. The highest BCUT2D eigenvalue weighted by atomic mass is 32.2. The number of anilines is 1. The summed E-state index contributed by atoms with van der Waals surface area (Å²) < 4.78 is 44.9. The summed E-state index contributed by atoms with van der Waals surface area (Å²) in [6, 6.07) is 10.5. The largest absolute Gasteiger partial charge is 0.496 e. The minimum atomic E-state index is -4.34. The number of benzene rings is 2. The lowest BCUT2D eigenvalue weighted by atomic mass is 10.1. The van der Waals surface area contributed by atoms with Gasteiger partial charge in [0.1, 0.15) is 11.5 Å². The van der Waals surface area contributed by atoms with E-state index < -0.39 is 10.1 Å². The van der Waals surface area contributed by atoms with Crippen molar-refractivity contribution < 1.29 is 22.1 Å². The summed E-state index contributed by atoms with van der Waals surface area (Å²) in [5.41, 5.74) is 3.09. The smallest absolute Gasteiger partial charge is 0.294 e. The molecular weight excluding hydrogens is 380 g/mol. The molecule has 4 rings (SSSR count). The number of hydrogen-bond acceptors (Lipinski definition) is 6. The zero-order valence-electron chi connectivity index (χ0n) is 15.7. The number of fused-ring (bicyclic) bond motifs is 1. The van der Waals surface area contributed by atoms with Crippen molar-refractivity contribution in [2.45, 2.75) is 11.8 Å². The Morgan fingerprint density at radius 3 is 2.57 bits per heavy atom. The molecule has 1 aromatic heterocycles. The Morgan fingerprint density at radius 2 is 1.89 bits per heavy atom. The summed E-state index contributed by atoms with van der Waals surface area (Å²) in [7, 11) is -2.74. The normalized spacial score (nSPS) is 15.2. The first-order valence-corrected chi connectivity index (χ1v) is 10.5. The van der Waals surface area contributed by atoms with E-state index in [4.69, 9.17) is 9.15 Å². The fraction of sp³-hybridized carbons (Fsp3) is 0.300. The first kappa shape index (κ1) is 18.8. The number of nitrogens with zero attached hydrogens (tertiary/aromatic N) is 1. The van der Waals surface area contributed by atoms with Crippen LogP contribution >= 0.6 is 0 Å². The maximum atomic E-state index is 11.8. The van der Waals surface area contributed by atoms with Crippen LogP contribution in [0.2, 0.25) is 0 Å². The van der Waals surface area contributed by atoms with Gasteiger partial charge in [-0.05, 0) is 37.3 Å². The van der Waals surface area contributed by atoms with E-state index in [9.17, 15) is 13.0 Å². The fourth-order valence-electron chi connectivity index (χ4n) is 3.54. The van der Waals surface area contributed by atoms with E-state index in [1.807, 2.05) is 25.1 Å². The number of hydrogen-bond donors (Lipinski definition) is 2. The van der Waals surface area contributed by atoms with Gasteiger partial charge in [0, 0.05) is 31.6 Å². The number of aryl methyl sites for hydroxylation is 1. The van der Waals surface area contributed by atoms with Gasteiger partial charge in [-0.25, -0.2) is 0 Å². The molecule has 1 saturated heterocycles. The zero-order chi connectivity index (χ0) is 19.9. The van der Waals surface area contributed by atoms with Crippen LogP contribution in [-0.2, 0) is 10.1 Å². The van der Waals surface area contributed by atoms with E-state index in [0.717, 1.165) is 24.2 Å². The van der Waals surface area contributed by atoms with Crippen molar-refractivity contribution in [1.29, 1.82) is 0 Å². The van der Waals surface area contributed by atoms with Crippen molar-refractivity contribution in [2.24, 2.45) is 0 Å². The second-order valence-corrected chi connectivity index (χ2v) is 8.31. The fourth-order valence-corrected chi connectivity index (χ4v) is 4.08. The van der Waals surface area contributed by atoms with E-state index in [1.165, 1.54) is 12.1 Å². The SMILES string of the molecule is COc1ccc(C)cc1-c1cc2cc(S(=O)(=O)O)cc(N3CCNCC3)c2o1. The molecule has 7 nitrogen and oxygen atoms in total. The summed E-state index contributed by atoms with van der Waals surface area (Å²) in [5.74, 6) is 1.25. The van der Waals surface area contributed by atoms with Crippen LogP contribution in [0.3, 0.4) is 0 Å². The predicted octanol–water partition coefficient (Wildman–Crippen LogP) is 3.07. The zero-order valence-corrected chi connectivity index (χ0v) is 16.5. The lowest BCUT2D eigenvalue weighted by Crippen LogP contribution is -2.43. The van der Waals surface area contributed by atoms with Gasteiger partial charge >= 0.3 is 0 Å². The molecular formula is C20H22N2O5S. The second kappa shape index (κ2) is 7.12. The van der Waals surface area contributed by atoms with Gasteiger partial charge in [-0.1, -0.05) is 11.6 Å². The molecule has 148 valence electrons. The van der Waals surface area contributed by atoms with E-state index in [2.05, 4.69) is 10.2 Å². The molecule has 2 heterocycles. The lowest BCUT2D eigenvalue weighted by molar-refractivity contribution is 0.415. The number of furan rings is 1. The highest BCUT2D eigenvalue weighted by molar-refractivity contribution is 7.85. The maximum absolute atomic E-state index is 11.8. The van der Waals surface area contributed by atoms with Crippen LogP contribution in [0.15, 0.2) is 45.7 Å². The maximum Gasteiger partial charge on any atom is 0.294 e. The van der Waals surface area contributed by atoms with Crippen molar-refractivity contribution in [2.75, 3.05) is 38.2 Å². The van der Waals surface area contributed by atoms with Crippen molar-refractivity contribution in [1.82, 2.24) is 5.32 Å². The van der Waals surface area contributed by atoms with Crippen LogP contribution in [0.4, 0.5) is 5.69 Å². The number of nitrogens with one attached hydrogen (secondary N) is 1. The molecule has 0 unspecified atom stereocenters. The summed E-state index contributed by atoms with van der Waals surface area (Å²) >= 11 is 0. The highest BCUT2D eigenvalue weighted by Gasteiger charge is 2.22. The molecule has 0 aliphatic carbocycles. The standard InChI is InChI=1S/C20H22N2O5S/c1-13-3-4-18(26-2)16(9-13)19-11-14-10-15(28(23,24)25)12-17(20(14)27-19)22-7-5-21-6-8-22/h3-4,9-12,21H,5-8H2,1-2H3,(H,23,24,25). The van der Waals surface area contributed by atoms with E-state index in [-0.39, 0.29) is 4.90 Å². The molecule has 0 atom stereocenters. The third-order valence-electron chi connectivity index (χ3n) is 4.95. The third kappa shape index (κ3) is 3.46. The molecule has 8 heteroatoms. The average molecular weight is 402 g/mol. The molecule has 28 heavy (non-hydrogen) atoms. The van der Waals surface area contributed by atoms with Crippen LogP contribution < -0.4 is 15.0 Å². The third-order valence-corrected chi connectivity index (χ3v) is 5.78. The monoisotopic (exact) mass is 402 g/mol. The van der Waals surface area contributed by atoms with Crippen LogP contribution in [0.5, 0.6) is 5.75 Å². The Kier molecular flexibility index (Phi) is 4.78. The minimum Gasteiger partial charge on any atom is -0.496 e. The van der Waals surface area contributed by atoms with Gasteiger partial charge < -0.3 is 19.4 Å². The Morgan fingerprint density at radius 1 is 1.14 bits per heavy atom. The summed E-state index contributed by atoms with van der Waals surface area (Å²) in [6.07, 6.45) is 0. The number of piperazine rings is 1. The molecule has 0 spiro atoms. The van der Waals surface area contributed by atoms with Crippen molar-refractivity contribution in [3.05, 3.63) is 42.0 Å². The topological polar surface area (TPSA) is 92.0 Å². The molecule has 2 N–H and O–H groups in total.